The van der Waals surface area contributed by atoms with E-state index in [2.05, 4.69) is 15.6 Å². The lowest BCUT2D eigenvalue weighted by Crippen LogP contribution is -2.49. The number of ether oxygens (including phenoxy) is 1. The van der Waals surface area contributed by atoms with E-state index in [9.17, 15) is 14.4 Å². The molecule has 1 atom stereocenters. The van der Waals surface area contributed by atoms with E-state index in [4.69, 9.17) is 10.5 Å². The molecule has 2 aromatic rings. The van der Waals surface area contributed by atoms with Gasteiger partial charge in [0.1, 0.15) is 12.4 Å². The molecule has 9 heteroatoms. The maximum absolute atomic E-state index is 12.7. The Morgan fingerprint density at radius 3 is 2.39 bits per heavy atom. The van der Waals surface area contributed by atoms with Crippen LogP contribution in [0.2, 0.25) is 0 Å². The SMILES string of the molecule is CCC1Oc2ccc(N)nc2N(CC(=O)Nc2ccc(NC(C)=O)cc2)C1=O. The molecule has 0 saturated heterocycles. The first-order chi connectivity index (χ1) is 13.4. The van der Waals surface area contributed by atoms with Crippen LogP contribution in [0.3, 0.4) is 0 Å². The Kier molecular flexibility index (Phi) is 5.44. The number of hydrogen-bond donors (Lipinski definition) is 3. The van der Waals surface area contributed by atoms with E-state index in [1.54, 1.807) is 36.4 Å². The topological polar surface area (TPSA) is 127 Å². The van der Waals surface area contributed by atoms with Gasteiger partial charge in [0.05, 0.1) is 0 Å². The molecule has 1 aromatic heterocycles. The monoisotopic (exact) mass is 383 g/mol. The molecule has 3 rings (SSSR count). The molecule has 0 spiro atoms. The van der Waals surface area contributed by atoms with Crippen molar-refractivity contribution in [2.45, 2.75) is 26.4 Å². The van der Waals surface area contributed by atoms with Gasteiger partial charge in [0.15, 0.2) is 17.7 Å². The fraction of sp³-hybridized carbons (Fsp3) is 0.263. The van der Waals surface area contributed by atoms with Crippen LogP contribution in [0.15, 0.2) is 36.4 Å². The second kappa shape index (κ2) is 7.95. The summed E-state index contributed by atoms with van der Waals surface area (Å²) in [6.07, 6.45) is -0.214. The molecule has 2 heterocycles. The highest BCUT2D eigenvalue weighted by Gasteiger charge is 2.35. The van der Waals surface area contributed by atoms with Gasteiger partial charge in [-0.3, -0.25) is 19.3 Å². The van der Waals surface area contributed by atoms with Crippen LogP contribution >= 0.6 is 0 Å². The van der Waals surface area contributed by atoms with Crippen molar-refractivity contribution in [2.75, 3.05) is 27.8 Å². The lowest BCUT2D eigenvalue weighted by atomic mass is 10.2. The van der Waals surface area contributed by atoms with Crippen molar-refractivity contribution in [2.24, 2.45) is 0 Å². The van der Waals surface area contributed by atoms with E-state index in [-0.39, 0.29) is 30.0 Å². The number of amides is 3. The van der Waals surface area contributed by atoms with E-state index in [0.29, 0.717) is 23.5 Å². The minimum absolute atomic E-state index is 0.182. The molecule has 1 unspecified atom stereocenters. The maximum atomic E-state index is 12.7. The van der Waals surface area contributed by atoms with E-state index in [0.717, 1.165) is 0 Å². The molecule has 0 radical (unpaired) electrons. The first-order valence-electron chi connectivity index (χ1n) is 8.79. The van der Waals surface area contributed by atoms with Gasteiger partial charge in [-0.25, -0.2) is 4.98 Å². The summed E-state index contributed by atoms with van der Waals surface area (Å²) in [4.78, 5) is 41.7. The van der Waals surface area contributed by atoms with Crippen molar-refractivity contribution in [1.82, 2.24) is 4.98 Å². The van der Waals surface area contributed by atoms with E-state index < -0.39 is 12.0 Å². The minimum Gasteiger partial charge on any atom is -0.477 e. The van der Waals surface area contributed by atoms with Gasteiger partial charge in [0, 0.05) is 18.3 Å². The van der Waals surface area contributed by atoms with Crippen LogP contribution in [0.1, 0.15) is 20.3 Å². The summed E-state index contributed by atoms with van der Waals surface area (Å²) in [6, 6.07) is 9.87. The summed E-state index contributed by atoms with van der Waals surface area (Å²) in [6.45, 7) is 3.01. The van der Waals surface area contributed by atoms with Gasteiger partial charge >= 0.3 is 0 Å². The summed E-state index contributed by atoms with van der Waals surface area (Å²) < 4.78 is 5.65. The van der Waals surface area contributed by atoms with Gasteiger partial charge in [0.2, 0.25) is 11.8 Å². The molecule has 0 fully saturated rings. The summed E-state index contributed by atoms with van der Waals surface area (Å²) in [5.74, 6) is -0.0571. The maximum Gasteiger partial charge on any atom is 0.269 e. The molecular formula is C19H21N5O4. The molecule has 146 valence electrons. The molecule has 0 aliphatic carbocycles. The van der Waals surface area contributed by atoms with Crippen molar-refractivity contribution in [3.63, 3.8) is 0 Å². The highest BCUT2D eigenvalue weighted by molar-refractivity contribution is 6.05. The molecule has 4 N–H and O–H groups in total. The average molecular weight is 383 g/mol. The summed E-state index contributed by atoms with van der Waals surface area (Å²) in [5.41, 5.74) is 6.88. The van der Waals surface area contributed by atoms with E-state index >= 15 is 0 Å². The number of benzene rings is 1. The molecule has 3 amide bonds. The number of hydrogen-bond acceptors (Lipinski definition) is 6. The Bertz CT molecular complexity index is 913. The lowest BCUT2D eigenvalue weighted by molar-refractivity contribution is -0.128. The molecule has 0 saturated carbocycles. The smallest absolute Gasteiger partial charge is 0.269 e. The zero-order valence-corrected chi connectivity index (χ0v) is 15.6. The average Bonchev–Trinajstić information content (AvgIpc) is 2.65. The van der Waals surface area contributed by atoms with Crippen LogP contribution in [0.5, 0.6) is 5.75 Å². The number of carbonyl (C=O) groups excluding carboxylic acids is 3. The third-order valence-corrected chi connectivity index (χ3v) is 4.09. The normalized spacial score (nSPS) is 15.4. The molecule has 28 heavy (non-hydrogen) atoms. The predicted molar refractivity (Wildman–Crippen MR) is 105 cm³/mol. The fourth-order valence-corrected chi connectivity index (χ4v) is 2.81. The number of carbonyl (C=O) groups is 3. The molecule has 9 nitrogen and oxygen atoms in total. The van der Waals surface area contributed by atoms with Gasteiger partial charge in [-0.05, 0) is 42.8 Å². The van der Waals surface area contributed by atoms with Gasteiger partial charge in [0.25, 0.3) is 5.91 Å². The number of nitrogens with zero attached hydrogens (tertiary/aromatic N) is 2. The van der Waals surface area contributed by atoms with Crippen molar-refractivity contribution in [3.05, 3.63) is 36.4 Å². The number of aromatic nitrogens is 1. The Hall–Kier alpha value is -3.62. The van der Waals surface area contributed by atoms with E-state index in [1.807, 2.05) is 6.92 Å². The standard InChI is InChI=1S/C19H21N5O4/c1-3-14-19(27)24(18-15(28-14)8-9-16(20)23-18)10-17(26)22-13-6-4-12(5-7-13)21-11(2)25/h4-9,14H,3,10H2,1-2H3,(H2,20,23)(H,21,25)(H,22,26). The number of nitrogens with two attached hydrogens (primary N) is 1. The molecule has 1 aliphatic heterocycles. The van der Waals surface area contributed by atoms with Crippen molar-refractivity contribution in [3.8, 4) is 5.75 Å². The van der Waals surface area contributed by atoms with Crippen LogP contribution in [-0.4, -0.2) is 35.4 Å². The van der Waals surface area contributed by atoms with Crippen LogP contribution in [0.25, 0.3) is 0 Å². The third kappa shape index (κ3) is 4.20. The van der Waals surface area contributed by atoms with E-state index in [1.165, 1.54) is 11.8 Å². The lowest BCUT2D eigenvalue weighted by Gasteiger charge is -2.32. The largest absolute Gasteiger partial charge is 0.477 e. The minimum atomic E-state index is -0.678. The van der Waals surface area contributed by atoms with Gasteiger partial charge in [-0.1, -0.05) is 6.92 Å². The van der Waals surface area contributed by atoms with Gasteiger partial charge in [-0.2, -0.15) is 0 Å². The van der Waals surface area contributed by atoms with Crippen molar-refractivity contribution in [1.29, 1.82) is 0 Å². The molecule has 1 aromatic carbocycles. The Morgan fingerprint density at radius 1 is 1.14 bits per heavy atom. The number of pyridine rings is 1. The predicted octanol–water partition coefficient (Wildman–Crippen LogP) is 1.76. The Balaban J connectivity index is 1.74. The summed E-state index contributed by atoms with van der Waals surface area (Å²) in [7, 11) is 0. The molecular weight excluding hydrogens is 362 g/mol. The molecule has 1 aliphatic rings. The van der Waals surface area contributed by atoms with Gasteiger partial charge < -0.3 is 21.1 Å². The number of anilines is 4. The quantitative estimate of drug-likeness (QED) is 0.722. The van der Waals surface area contributed by atoms with Crippen LogP contribution in [0.4, 0.5) is 23.0 Å². The van der Waals surface area contributed by atoms with Crippen LogP contribution < -0.4 is 26.0 Å². The highest BCUT2D eigenvalue weighted by Crippen LogP contribution is 2.33. The zero-order chi connectivity index (χ0) is 20.3. The highest BCUT2D eigenvalue weighted by atomic mass is 16.5. The number of rotatable bonds is 5. The Morgan fingerprint density at radius 2 is 1.79 bits per heavy atom. The van der Waals surface area contributed by atoms with Crippen molar-refractivity contribution < 1.29 is 19.1 Å². The third-order valence-electron chi connectivity index (χ3n) is 4.09. The first kappa shape index (κ1) is 19.2. The second-order valence-electron chi connectivity index (χ2n) is 6.30. The number of nitrogen functional groups attached to an aromatic ring is 1. The number of fused-ring (bicyclic) bond motifs is 1. The Labute approximate surface area is 161 Å². The fourth-order valence-electron chi connectivity index (χ4n) is 2.81. The van der Waals surface area contributed by atoms with Gasteiger partial charge in [-0.15, -0.1) is 0 Å². The first-order valence-corrected chi connectivity index (χ1v) is 8.79. The summed E-state index contributed by atoms with van der Waals surface area (Å²) in [5, 5.41) is 5.37. The summed E-state index contributed by atoms with van der Waals surface area (Å²) >= 11 is 0. The van der Waals surface area contributed by atoms with Crippen molar-refractivity contribution >= 4 is 40.7 Å². The zero-order valence-electron chi connectivity index (χ0n) is 15.6. The molecule has 0 bridgehead atoms. The number of nitrogens with one attached hydrogen (secondary N) is 2. The van der Waals surface area contributed by atoms with Crippen LogP contribution in [-0.2, 0) is 14.4 Å². The van der Waals surface area contributed by atoms with Crippen LogP contribution in [0, 0.1) is 0 Å². The second-order valence-corrected chi connectivity index (χ2v) is 6.30.